The van der Waals surface area contributed by atoms with E-state index in [0.717, 1.165) is 15.8 Å². The van der Waals surface area contributed by atoms with Crippen LogP contribution in [-0.4, -0.2) is 16.1 Å². The van der Waals surface area contributed by atoms with E-state index >= 15 is 0 Å². The first kappa shape index (κ1) is 10.1. The highest BCUT2D eigenvalue weighted by molar-refractivity contribution is 7.20. The molecule has 0 saturated heterocycles. The lowest BCUT2D eigenvalue weighted by molar-refractivity contribution is 0.0696. The predicted molar refractivity (Wildman–Crippen MR) is 60.7 cm³/mol. The van der Waals surface area contributed by atoms with Gasteiger partial charge in [0.2, 0.25) is 5.01 Å². The van der Waals surface area contributed by atoms with Gasteiger partial charge in [0, 0.05) is 0 Å². The number of aromatic carboxylic acids is 1. The lowest BCUT2D eigenvalue weighted by Gasteiger charge is -2.04. The minimum absolute atomic E-state index is 0.165. The molecule has 0 unspecified atom stereocenters. The molecule has 4 heteroatoms. The van der Waals surface area contributed by atoms with Gasteiger partial charge in [-0.3, -0.25) is 0 Å². The second kappa shape index (κ2) is 3.62. The van der Waals surface area contributed by atoms with Crippen LogP contribution in [0.3, 0.4) is 0 Å². The molecule has 1 N–H and O–H groups in total. The normalized spacial score (nSPS) is 11.1. The van der Waals surface area contributed by atoms with Crippen molar-refractivity contribution in [2.75, 3.05) is 0 Å². The van der Waals surface area contributed by atoms with E-state index in [1.807, 2.05) is 18.2 Å². The van der Waals surface area contributed by atoms with Crippen molar-refractivity contribution in [3.63, 3.8) is 0 Å². The summed E-state index contributed by atoms with van der Waals surface area (Å²) in [4.78, 5) is 15.0. The Labute approximate surface area is 91.4 Å². The number of carbonyl (C=O) groups is 1. The maximum Gasteiger partial charge on any atom is 0.365 e. The Morgan fingerprint density at radius 3 is 2.80 bits per heavy atom. The minimum Gasteiger partial charge on any atom is -0.476 e. The fourth-order valence-electron chi connectivity index (χ4n) is 1.53. The summed E-state index contributed by atoms with van der Waals surface area (Å²) in [6, 6.07) is 5.85. The summed E-state index contributed by atoms with van der Waals surface area (Å²) >= 11 is 1.23. The summed E-state index contributed by atoms with van der Waals surface area (Å²) in [5.74, 6) is -0.594. The standard InChI is InChI=1S/C11H11NO2S/c1-6(2)7-4-3-5-8-9(7)12-10(15-8)11(13)14/h3-6H,1-2H3,(H,13,14). The molecule has 78 valence electrons. The van der Waals surface area contributed by atoms with Crippen molar-refractivity contribution in [3.8, 4) is 0 Å². The van der Waals surface area contributed by atoms with Crippen molar-refractivity contribution in [1.29, 1.82) is 0 Å². The molecule has 0 aliphatic carbocycles. The van der Waals surface area contributed by atoms with Gasteiger partial charge in [-0.2, -0.15) is 0 Å². The highest BCUT2D eigenvalue weighted by atomic mass is 32.1. The number of hydrogen-bond donors (Lipinski definition) is 1. The Kier molecular flexibility index (Phi) is 2.44. The van der Waals surface area contributed by atoms with Crippen LogP contribution < -0.4 is 0 Å². The van der Waals surface area contributed by atoms with Crippen LogP contribution in [0.1, 0.15) is 35.1 Å². The van der Waals surface area contributed by atoms with E-state index in [1.165, 1.54) is 11.3 Å². The number of benzene rings is 1. The van der Waals surface area contributed by atoms with Gasteiger partial charge in [0.15, 0.2) is 0 Å². The highest BCUT2D eigenvalue weighted by Crippen LogP contribution is 2.28. The average Bonchev–Trinajstić information content (AvgIpc) is 2.60. The zero-order valence-electron chi connectivity index (χ0n) is 8.52. The Bertz CT molecular complexity index is 516. The highest BCUT2D eigenvalue weighted by Gasteiger charge is 2.13. The minimum atomic E-state index is -0.953. The van der Waals surface area contributed by atoms with Gasteiger partial charge in [-0.25, -0.2) is 9.78 Å². The number of thiazole rings is 1. The smallest absolute Gasteiger partial charge is 0.365 e. The van der Waals surface area contributed by atoms with Crippen LogP contribution in [0.2, 0.25) is 0 Å². The number of hydrogen-bond acceptors (Lipinski definition) is 3. The maximum absolute atomic E-state index is 10.8. The van der Waals surface area contributed by atoms with Crippen LogP contribution in [0.4, 0.5) is 0 Å². The van der Waals surface area contributed by atoms with Crippen LogP contribution in [0.25, 0.3) is 10.2 Å². The van der Waals surface area contributed by atoms with Crippen molar-refractivity contribution in [2.45, 2.75) is 19.8 Å². The van der Waals surface area contributed by atoms with E-state index in [4.69, 9.17) is 5.11 Å². The fourth-order valence-corrected chi connectivity index (χ4v) is 2.37. The van der Waals surface area contributed by atoms with Crippen LogP contribution in [0, 0.1) is 0 Å². The van der Waals surface area contributed by atoms with Gasteiger partial charge < -0.3 is 5.11 Å². The molecule has 2 rings (SSSR count). The lowest BCUT2D eigenvalue weighted by atomic mass is 10.0. The Balaban J connectivity index is 2.69. The molecule has 1 aromatic heterocycles. The van der Waals surface area contributed by atoms with Gasteiger partial charge >= 0.3 is 5.97 Å². The number of fused-ring (bicyclic) bond motifs is 1. The predicted octanol–water partition coefficient (Wildman–Crippen LogP) is 3.12. The third-order valence-electron chi connectivity index (χ3n) is 2.26. The van der Waals surface area contributed by atoms with Gasteiger partial charge in [-0.1, -0.05) is 26.0 Å². The van der Waals surface area contributed by atoms with Gasteiger partial charge in [0.25, 0.3) is 0 Å². The zero-order chi connectivity index (χ0) is 11.0. The van der Waals surface area contributed by atoms with Crippen LogP contribution >= 0.6 is 11.3 Å². The van der Waals surface area contributed by atoms with Crippen molar-refractivity contribution < 1.29 is 9.90 Å². The van der Waals surface area contributed by atoms with E-state index in [9.17, 15) is 4.79 Å². The van der Waals surface area contributed by atoms with Gasteiger partial charge in [0.1, 0.15) is 0 Å². The van der Waals surface area contributed by atoms with Crippen LogP contribution in [0.15, 0.2) is 18.2 Å². The molecular weight excluding hydrogens is 210 g/mol. The van der Waals surface area contributed by atoms with E-state index in [-0.39, 0.29) is 5.01 Å². The SMILES string of the molecule is CC(C)c1cccc2sc(C(=O)O)nc12. The summed E-state index contributed by atoms with van der Waals surface area (Å²) in [7, 11) is 0. The molecule has 0 radical (unpaired) electrons. The molecule has 0 atom stereocenters. The Morgan fingerprint density at radius 1 is 1.47 bits per heavy atom. The monoisotopic (exact) mass is 221 g/mol. The molecule has 1 heterocycles. The van der Waals surface area contributed by atoms with Gasteiger partial charge in [-0.05, 0) is 17.5 Å². The summed E-state index contributed by atoms with van der Waals surface area (Å²) in [5, 5.41) is 9.03. The molecule has 15 heavy (non-hydrogen) atoms. The average molecular weight is 221 g/mol. The molecule has 2 aromatic rings. The summed E-state index contributed by atoms with van der Waals surface area (Å²) in [6.45, 7) is 4.16. The van der Waals surface area contributed by atoms with Crippen molar-refractivity contribution in [2.24, 2.45) is 0 Å². The van der Waals surface area contributed by atoms with Gasteiger partial charge in [-0.15, -0.1) is 11.3 Å². The molecule has 0 aliphatic rings. The maximum atomic E-state index is 10.8. The number of carboxylic acid groups (broad SMARTS) is 1. The molecule has 0 spiro atoms. The third-order valence-corrected chi connectivity index (χ3v) is 3.26. The van der Waals surface area contributed by atoms with Crippen molar-refractivity contribution in [1.82, 2.24) is 4.98 Å². The lowest BCUT2D eigenvalue weighted by Crippen LogP contribution is -1.94. The van der Waals surface area contributed by atoms with E-state index in [1.54, 1.807) is 0 Å². The molecule has 1 aromatic carbocycles. The molecule has 0 aliphatic heterocycles. The number of aromatic nitrogens is 1. The molecule has 0 saturated carbocycles. The number of nitrogens with zero attached hydrogens (tertiary/aromatic N) is 1. The first-order valence-corrected chi connectivity index (χ1v) is 5.54. The quantitative estimate of drug-likeness (QED) is 0.847. The molecule has 0 amide bonds. The van der Waals surface area contributed by atoms with Crippen molar-refractivity contribution >= 4 is 27.5 Å². The zero-order valence-corrected chi connectivity index (χ0v) is 9.34. The van der Waals surface area contributed by atoms with E-state index < -0.39 is 5.97 Å². The first-order valence-electron chi connectivity index (χ1n) is 4.72. The second-order valence-corrected chi connectivity index (χ2v) is 4.70. The van der Waals surface area contributed by atoms with E-state index in [2.05, 4.69) is 18.8 Å². The van der Waals surface area contributed by atoms with E-state index in [0.29, 0.717) is 5.92 Å². The topological polar surface area (TPSA) is 50.2 Å². The first-order chi connectivity index (χ1) is 7.09. The molecule has 3 nitrogen and oxygen atoms in total. The summed E-state index contributed by atoms with van der Waals surface area (Å²) < 4.78 is 0.943. The number of carboxylic acids is 1. The second-order valence-electron chi connectivity index (χ2n) is 3.67. The van der Waals surface area contributed by atoms with Gasteiger partial charge in [0.05, 0.1) is 10.2 Å². The summed E-state index contributed by atoms with van der Waals surface area (Å²) in [5.41, 5.74) is 1.94. The number of rotatable bonds is 2. The van der Waals surface area contributed by atoms with Crippen molar-refractivity contribution in [3.05, 3.63) is 28.8 Å². The molecular formula is C11H11NO2S. The molecule has 0 fully saturated rings. The third kappa shape index (κ3) is 1.72. The fraction of sp³-hybridized carbons (Fsp3) is 0.273. The Hall–Kier alpha value is -1.42. The Morgan fingerprint density at radius 2 is 2.20 bits per heavy atom. The summed E-state index contributed by atoms with van der Waals surface area (Å²) in [6.07, 6.45) is 0. The molecule has 0 bridgehead atoms. The van der Waals surface area contributed by atoms with Crippen LogP contribution in [0.5, 0.6) is 0 Å². The number of para-hydroxylation sites is 1. The van der Waals surface area contributed by atoms with Crippen LogP contribution in [-0.2, 0) is 0 Å². The largest absolute Gasteiger partial charge is 0.476 e.